The number of amides is 1. The van der Waals surface area contributed by atoms with Crippen molar-refractivity contribution in [2.75, 3.05) is 5.32 Å². The lowest BCUT2D eigenvalue weighted by Crippen LogP contribution is -2.41. The molecule has 1 amide bonds. The van der Waals surface area contributed by atoms with Gasteiger partial charge in [0.05, 0.1) is 11.1 Å². The van der Waals surface area contributed by atoms with Crippen LogP contribution in [0.2, 0.25) is 10.0 Å². The number of anilines is 1. The Balaban J connectivity index is 1.80. The molecule has 0 aliphatic rings. The van der Waals surface area contributed by atoms with Crippen LogP contribution in [-0.2, 0) is 14.8 Å². The highest BCUT2D eigenvalue weighted by Crippen LogP contribution is 2.26. The first-order valence-electron chi connectivity index (χ1n) is 8.04. The first kappa shape index (κ1) is 19.6. The van der Waals surface area contributed by atoms with Gasteiger partial charge in [-0.25, -0.2) is 8.42 Å². The van der Waals surface area contributed by atoms with E-state index in [-0.39, 0.29) is 14.9 Å². The van der Waals surface area contributed by atoms with Crippen LogP contribution in [-0.4, -0.2) is 20.4 Å². The summed E-state index contributed by atoms with van der Waals surface area (Å²) in [4.78, 5) is 12.3. The average Bonchev–Trinajstić information content (AvgIpc) is 2.63. The molecule has 0 radical (unpaired) electrons. The minimum absolute atomic E-state index is 0.0218. The van der Waals surface area contributed by atoms with E-state index in [0.717, 1.165) is 10.8 Å². The van der Waals surface area contributed by atoms with Crippen LogP contribution < -0.4 is 10.0 Å². The van der Waals surface area contributed by atoms with Crippen molar-refractivity contribution in [2.45, 2.75) is 17.9 Å². The van der Waals surface area contributed by atoms with Crippen LogP contribution in [0.1, 0.15) is 6.92 Å². The molecule has 0 aliphatic heterocycles. The number of hydrogen-bond donors (Lipinski definition) is 2. The quantitative estimate of drug-likeness (QED) is 0.637. The maximum atomic E-state index is 12.6. The third kappa shape index (κ3) is 4.42. The molecule has 1 atom stereocenters. The van der Waals surface area contributed by atoms with Gasteiger partial charge in [-0.1, -0.05) is 59.6 Å². The molecule has 3 aromatic rings. The second kappa shape index (κ2) is 7.86. The van der Waals surface area contributed by atoms with Gasteiger partial charge in [0.15, 0.2) is 0 Å². The average molecular weight is 423 g/mol. The highest BCUT2D eigenvalue weighted by Gasteiger charge is 2.24. The molecule has 27 heavy (non-hydrogen) atoms. The molecule has 2 N–H and O–H groups in total. The van der Waals surface area contributed by atoms with Crippen molar-refractivity contribution >= 4 is 55.6 Å². The fourth-order valence-corrected chi connectivity index (χ4v) is 4.57. The lowest BCUT2D eigenvalue weighted by molar-refractivity contribution is -0.117. The first-order chi connectivity index (χ1) is 12.8. The van der Waals surface area contributed by atoms with Crippen LogP contribution in [0.25, 0.3) is 10.8 Å². The molecule has 0 heterocycles. The Labute approximate surface area is 167 Å². The van der Waals surface area contributed by atoms with E-state index in [0.29, 0.717) is 5.69 Å². The Morgan fingerprint density at radius 1 is 1.00 bits per heavy atom. The van der Waals surface area contributed by atoms with Crippen molar-refractivity contribution in [2.24, 2.45) is 0 Å². The number of carbonyl (C=O) groups is 1. The zero-order chi connectivity index (χ0) is 19.6. The third-order valence-electron chi connectivity index (χ3n) is 3.96. The Kier molecular flexibility index (Phi) is 5.72. The van der Waals surface area contributed by atoms with Gasteiger partial charge < -0.3 is 5.32 Å². The van der Waals surface area contributed by atoms with Crippen molar-refractivity contribution in [3.8, 4) is 0 Å². The zero-order valence-electron chi connectivity index (χ0n) is 14.2. The standard InChI is InChI=1S/C19H16Cl2N2O3S/c1-12(23-27(25,26)18-11-14(20)9-10-16(18)21)19(24)22-17-8-4-6-13-5-2-3-7-15(13)17/h2-12,23H,1H3,(H,22,24)/t12-/m1/s1. The van der Waals surface area contributed by atoms with E-state index in [1.165, 1.54) is 25.1 Å². The largest absolute Gasteiger partial charge is 0.324 e. The smallest absolute Gasteiger partial charge is 0.242 e. The first-order valence-corrected chi connectivity index (χ1v) is 10.3. The number of sulfonamides is 1. The van der Waals surface area contributed by atoms with Crippen molar-refractivity contribution in [3.63, 3.8) is 0 Å². The highest BCUT2D eigenvalue weighted by atomic mass is 35.5. The summed E-state index contributed by atoms with van der Waals surface area (Å²) in [5.74, 6) is -0.493. The molecule has 8 heteroatoms. The van der Waals surface area contributed by atoms with Crippen LogP contribution in [0.3, 0.4) is 0 Å². The fourth-order valence-electron chi connectivity index (χ4n) is 2.61. The van der Waals surface area contributed by atoms with E-state index in [9.17, 15) is 13.2 Å². The van der Waals surface area contributed by atoms with Gasteiger partial charge in [0.25, 0.3) is 0 Å². The molecule has 0 aliphatic carbocycles. The van der Waals surface area contributed by atoms with E-state index < -0.39 is 22.0 Å². The Bertz CT molecular complexity index is 1110. The highest BCUT2D eigenvalue weighted by molar-refractivity contribution is 7.89. The van der Waals surface area contributed by atoms with Gasteiger partial charge in [0.1, 0.15) is 4.90 Å². The Morgan fingerprint density at radius 3 is 2.48 bits per heavy atom. The van der Waals surface area contributed by atoms with Crippen molar-refractivity contribution in [1.29, 1.82) is 0 Å². The van der Waals surface area contributed by atoms with E-state index in [2.05, 4.69) is 10.0 Å². The van der Waals surface area contributed by atoms with Gasteiger partial charge in [0.2, 0.25) is 15.9 Å². The van der Waals surface area contributed by atoms with Crippen LogP contribution in [0, 0.1) is 0 Å². The summed E-state index contributed by atoms with van der Waals surface area (Å²) in [5, 5.41) is 4.84. The number of carbonyl (C=O) groups excluding carboxylic acids is 1. The van der Waals surface area contributed by atoms with Gasteiger partial charge in [-0.2, -0.15) is 4.72 Å². The monoisotopic (exact) mass is 422 g/mol. The van der Waals surface area contributed by atoms with Gasteiger partial charge in [-0.05, 0) is 36.6 Å². The number of halogens is 2. The number of hydrogen-bond acceptors (Lipinski definition) is 3. The lowest BCUT2D eigenvalue weighted by Gasteiger charge is -2.16. The molecule has 0 spiro atoms. The van der Waals surface area contributed by atoms with Crippen LogP contribution in [0.15, 0.2) is 65.6 Å². The summed E-state index contributed by atoms with van der Waals surface area (Å²) >= 11 is 11.8. The maximum absolute atomic E-state index is 12.6. The molecule has 0 fully saturated rings. The molecule has 3 aromatic carbocycles. The number of rotatable bonds is 5. The topological polar surface area (TPSA) is 75.3 Å². The molecule has 0 aromatic heterocycles. The summed E-state index contributed by atoms with van der Waals surface area (Å²) in [6.45, 7) is 1.45. The minimum atomic E-state index is -4.02. The second-order valence-electron chi connectivity index (χ2n) is 5.93. The van der Waals surface area contributed by atoms with Gasteiger partial charge >= 0.3 is 0 Å². The van der Waals surface area contributed by atoms with Crippen molar-refractivity contribution in [1.82, 2.24) is 4.72 Å². The third-order valence-corrected chi connectivity index (χ3v) is 6.21. The normalized spacial score (nSPS) is 12.7. The van der Waals surface area contributed by atoms with E-state index >= 15 is 0 Å². The molecular weight excluding hydrogens is 407 g/mol. The summed E-state index contributed by atoms with van der Waals surface area (Å²) in [5.41, 5.74) is 0.602. The predicted octanol–water partition coefficient (Wildman–Crippen LogP) is 4.45. The molecule has 5 nitrogen and oxygen atoms in total. The summed E-state index contributed by atoms with van der Waals surface area (Å²) in [7, 11) is -4.02. The van der Waals surface area contributed by atoms with Crippen LogP contribution in [0.5, 0.6) is 0 Å². The van der Waals surface area contributed by atoms with Crippen LogP contribution in [0.4, 0.5) is 5.69 Å². The molecule has 0 saturated carbocycles. The van der Waals surface area contributed by atoms with E-state index in [4.69, 9.17) is 23.2 Å². The van der Waals surface area contributed by atoms with Crippen molar-refractivity contribution in [3.05, 3.63) is 70.7 Å². The number of nitrogens with one attached hydrogen (secondary N) is 2. The molecule has 0 unspecified atom stereocenters. The summed E-state index contributed by atoms with van der Waals surface area (Å²) < 4.78 is 27.4. The lowest BCUT2D eigenvalue weighted by atomic mass is 10.1. The second-order valence-corrected chi connectivity index (χ2v) is 8.46. The van der Waals surface area contributed by atoms with E-state index in [1.54, 1.807) is 6.07 Å². The van der Waals surface area contributed by atoms with E-state index in [1.807, 2.05) is 36.4 Å². The molecule has 140 valence electrons. The SMILES string of the molecule is C[C@@H](NS(=O)(=O)c1cc(Cl)ccc1Cl)C(=O)Nc1cccc2ccccc12. The molecule has 0 saturated heterocycles. The Hall–Kier alpha value is -2.12. The molecular formula is C19H16Cl2N2O3S. The molecule has 0 bridgehead atoms. The zero-order valence-corrected chi connectivity index (χ0v) is 16.6. The van der Waals surface area contributed by atoms with Crippen molar-refractivity contribution < 1.29 is 13.2 Å². The fraction of sp³-hybridized carbons (Fsp3) is 0.105. The van der Waals surface area contributed by atoms with Gasteiger partial charge in [-0.15, -0.1) is 0 Å². The Morgan fingerprint density at radius 2 is 1.70 bits per heavy atom. The summed E-state index contributed by atoms with van der Waals surface area (Å²) in [6.07, 6.45) is 0. The van der Waals surface area contributed by atoms with Crippen LogP contribution >= 0.6 is 23.2 Å². The number of fused-ring (bicyclic) bond motifs is 1. The van der Waals surface area contributed by atoms with Gasteiger partial charge in [0, 0.05) is 16.1 Å². The minimum Gasteiger partial charge on any atom is -0.324 e. The molecule has 3 rings (SSSR count). The maximum Gasteiger partial charge on any atom is 0.242 e. The number of benzene rings is 3. The predicted molar refractivity (Wildman–Crippen MR) is 109 cm³/mol. The summed E-state index contributed by atoms with van der Waals surface area (Å²) in [6, 6.07) is 16.2. The van der Waals surface area contributed by atoms with Gasteiger partial charge in [-0.3, -0.25) is 4.79 Å².